The van der Waals surface area contributed by atoms with E-state index in [4.69, 9.17) is 5.26 Å². The van der Waals surface area contributed by atoms with Crippen molar-refractivity contribution in [2.45, 2.75) is 46.7 Å². The number of aryl methyl sites for hydroxylation is 1. The van der Waals surface area contributed by atoms with Gasteiger partial charge >= 0.3 is 0 Å². The second-order valence-corrected chi connectivity index (χ2v) is 5.15. The van der Waals surface area contributed by atoms with Crippen LogP contribution in [-0.4, -0.2) is 11.1 Å². The summed E-state index contributed by atoms with van der Waals surface area (Å²) in [6, 6.07) is 6.93. The predicted octanol–water partition coefficient (Wildman–Crippen LogP) is 3.10. The molecule has 0 aliphatic carbocycles. The van der Waals surface area contributed by atoms with Crippen molar-refractivity contribution >= 4 is 0 Å². The van der Waals surface area contributed by atoms with E-state index in [-0.39, 0.29) is 5.41 Å². The lowest BCUT2D eigenvalue weighted by atomic mass is 9.91. The summed E-state index contributed by atoms with van der Waals surface area (Å²) in [5.41, 5.74) is 1.05. The summed E-state index contributed by atoms with van der Waals surface area (Å²) in [6.07, 6.45) is 2.97. The van der Waals surface area contributed by atoms with E-state index >= 15 is 0 Å². The minimum atomic E-state index is -0.247. The summed E-state index contributed by atoms with van der Waals surface area (Å²) in [7, 11) is 0. The Morgan fingerprint density at radius 1 is 1.53 bits per heavy atom. The number of nitriles is 1. The standard InChI is InChI=1S/C14H23N3/c1-5-16-12(2)13-7-6-9-17(13)10-8-14(3,4)11-15/h6-7,9,12,16H,5,8,10H2,1-4H3. The molecule has 1 aromatic rings. The average molecular weight is 233 g/mol. The fraction of sp³-hybridized carbons (Fsp3) is 0.643. The molecule has 1 aromatic heterocycles. The maximum atomic E-state index is 9.01. The summed E-state index contributed by atoms with van der Waals surface area (Å²) in [5, 5.41) is 12.4. The Balaban J connectivity index is 2.67. The highest BCUT2D eigenvalue weighted by molar-refractivity contribution is 5.11. The molecule has 1 unspecified atom stereocenters. The lowest BCUT2D eigenvalue weighted by Crippen LogP contribution is -2.21. The van der Waals surface area contributed by atoms with Gasteiger partial charge in [0.1, 0.15) is 0 Å². The van der Waals surface area contributed by atoms with Gasteiger partial charge in [0.05, 0.1) is 11.5 Å². The highest BCUT2D eigenvalue weighted by atomic mass is 15.0. The molecule has 1 N–H and O–H groups in total. The van der Waals surface area contributed by atoms with Gasteiger partial charge in [-0.1, -0.05) is 6.92 Å². The van der Waals surface area contributed by atoms with Crippen LogP contribution in [0.1, 0.15) is 45.9 Å². The van der Waals surface area contributed by atoms with E-state index in [1.165, 1.54) is 5.69 Å². The third-order valence-corrected chi connectivity index (χ3v) is 3.10. The minimum Gasteiger partial charge on any atom is -0.350 e. The molecule has 0 saturated heterocycles. The van der Waals surface area contributed by atoms with Crippen molar-refractivity contribution in [1.29, 1.82) is 5.26 Å². The number of nitrogens with zero attached hydrogens (tertiary/aromatic N) is 2. The number of rotatable bonds is 6. The van der Waals surface area contributed by atoms with Gasteiger partial charge in [-0.15, -0.1) is 0 Å². The van der Waals surface area contributed by atoms with E-state index in [0.717, 1.165) is 19.5 Å². The molecule has 1 rings (SSSR count). The quantitative estimate of drug-likeness (QED) is 0.820. The van der Waals surface area contributed by atoms with Crippen molar-refractivity contribution in [3.63, 3.8) is 0 Å². The monoisotopic (exact) mass is 233 g/mol. The van der Waals surface area contributed by atoms with Crippen LogP contribution in [0.15, 0.2) is 18.3 Å². The summed E-state index contributed by atoms with van der Waals surface area (Å²) < 4.78 is 2.24. The average Bonchev–Trinajstić information content (AvgIpc) is 2.75. The first-order valence-electron chi connectivity index (χ1n) is 6.30. The molecule has 0 aliphatic rings. The molecule has 0 aromatic carbocycles. The molecule has 0 amide bonds. The minimum absolute atomic E-state index is 0.247. The first-order valence-corrected chi connectivity index (χ1v) is 6.30. The van der Waals surface area contributed by atoms with Gasteiger partial charge in [0.25, 0.3) is 0 Å². The van der Waals surface area contributed by atoms with Crippen molar-refractivity contribution in [1.82, 2.24) is 9.88 Å². The normalized spacial score (nSPS) is 13.4. The molecule has 3 heteroatoms. The van der Waals surface area contributed by atoms with Gasteiger partial charge in [0.15, 0.2) is 0 Å². The molecule has 94 valence electrons. The SMILES string of the molecule is CCNC(C)c1cccn1CCC(C)(C)C#N. The van der Waals surface area contributed by atoms with Crippen LogP contribution in [0.5, 0.6) is 0 Å². The molecule has 3 nitrogen and oxygen atoms in total. The van der Waals surface area contributed by atoms with Crippen molar-refractivity contribution in [2.24, 2.45) is 5.41 Å². The van der Waals surface area contributed by atoms with Crippen molar-refractivity contribution < 1.29 is 0 Å². The fourth-order valence-electron chi connectivity index (χ4n) is 1.89. The third kappa shape index (κ3) is 3.90. The van der Waals surface area contributed by atoms with E-state index in [1.807, 2.05) is 13.8 Å². The van der Waals surface area contributed by atoms with E-state index < -0.39 is 0 Å². The first kappa shape index (κ1) is 13.8. The second-order valence-electron chi connectivity index (χ2n) is 5.15. The lowest BCUT2D eigenvalue weighted by molar-refractivity contribution is 0.403. The molecule has 1 heterocycles. The number of nitrogens with one attached hydrogen (secondary N) is 1. The van der Waals surface area contributed by atoms with Crippen molar-refractivity contribution in [2.75, 3.05) is 6.54 Å². The van der Waals surface area contributed by atoms with E-state index in [9.17, 15) is 0 Å². The van der Waals surface area contributed by atoms with E-state index in [0.29, 0.717) is 6.04 Å². The van der Waals surface area contributed by atoms with Gasteiger partial charge in [0.2, 0.25) is 0 Å². The molecule has 0 fully saturated rings. The largest absolute Gasteiger partial charge is 0.350 e. The van der Waals surface area contributed by atoms with Crippen molar-refractivity contribution in [3.8, 4) is 6.07 Å². The van der Waals surface area contributed by atoms with Crippen molar-refractivity contribution in [3.05, 3.63) is 24.0 Å². The van der Waals surface area contributed by atoms with Gasteiger partial charge in [-0.2, -0.15) is 5.26 Å². The van der Waals surface area contributed by atoms with Gasteiger partial charge in [0, 0.05) is 24.5 Å². The zero-order valence-corrected chi connectivity index (χ0v) is 11.3. The van der Waals surface area contributed by atoms with Crippen LogP contribution in [0, 0.1) is 16.7 Å². The molecule has 0 spiro atoms. The summed E-state index contributed by atoms with van der Waals surface area (Å²) >= 11 is 0. The maximum absolute atomic E-state index is 9.01. The number of hydrogen-bond acceptors (Lipinski definition) is 2. The van der Waals surface area contributed by atoms with Crippen LogP contribution in [0.4, 0.5) is 0 Å². The Hall–Kier alpha value is -1.27. The van der Waals surface area contributed by atoms with Gasteiger partial charge in [-0.05, 0) is 45.9 Å². The predicted molar refractivity (Wildman–Crippen MR) is 70.5 cm³/mol. The highest BCUT2D eigenvalue weighted by Crippen LogP contribution is 2.21. The fourth-order valence-corrected chi connectivity index (χ4v) is 1.89. The molecular formula is C14H23N3. The zero-order valence-electron chi connectivity index (χ0n) is 11.3. The molecule has 0 aliphatic heterocycles. The second kappa shape index (κ2) is 5.88. The van der Waals surface area contributed by atoms with E-state index in [2.05, 4.69) is 48.1 Å². The maximum Gasteiger partial charge on any atom is 0.0684 e. The third-order valence-electron chi connectivity index (χ3n) is 3.10. The van der Waals surface area contributed by atoms with Crippen LogP contribution in [0.2, 0.25) is 0 Å². The van der Waals surface area contributed by atoms with Gasteiger partial charge < -0.3 is 9.88 Å². The van der Waals surface area contributed by atoms with Gasteiger partial charge in [-0.3, -0.25) is 0 Å². The summed E-state index contributed by atoms with van der Waals surface area (Å²) in [6.45, 7) is 10.1. The molecular weight excluding hydrogens is 210 g/mol. The van der Waals surface area contributed by atoms with Gasteiger partial charge in [-0.25, -0.2) is 0 Å². The van der Waals surface area contributed by atoms with Crippen LogP contribution >= 0.6 is 0 Å². The summed E-state index contributed by atoms with van der Waals surface area (Å²) in [4.78, 5) is 0. The Kier molecular flexibility index (Phi) is 4.77. The lowest BCUT2D eigenvalue weighted by Gasteiger charge is -2.19. The molecule has 0 saturated carbocycles. The Morgan fingerprint density at radius 3 is 2.82 bits per heavy atom. The van der Waals surface area contributed by atoms with Crippen LogP contribution in [0.3, 0.4) is 0 Å². The Labute approximate surface area is 104 Å². The van der Waals surface area contributed by atoms with Crippen LogP contribution in [-0.2, 0) is 6.54 Å². The smallest absolute Gasteiger partial charge is 0.0684 e. The van der Waals surface area contributed by atoms with Crippen LogP contribution in [0.25, 0.3) is 0 Å². The number of hydrogen-bond donors (Lipinski definition) is 1. The highest BCUT2D eigenvalue weighted by Gasteiger charge is 2.17. The van der Waals surface area contributed by atoms with Crippen LogP contribution < -0.4 is 5.32 Å². The molecule has 17 heavy (non-hydrogen) atoms. The zero-order chi connectivity index (χ0) is 12.9. The molecule has 0 radical (unpaired) electrons. The van der Waals surface area contributed by atoms with E-state index in [1.54, 1.807) is 0 Å². The Bertz CT molecular complexity index is 384. The Morgan fingerprint density at radius 2 is 2.24 bits per heavy atom. The summed E-state index contributed by atoms with van der Waals surface area (Å²) in [5.74, 6) is 0. The molecule has 0 bridgehead atoms. The number of aromatic nitrogens is 1. The molecule has 1 atom stereocenters. The topological polar surface area (TPSA) is 40.8 Å². The first-order chi connectivity index (χ1) is 8.00.